The number of nitrogens with zero attached hydrogens (tertiary/aromatic N) is 1. The second-order valence-electron chi connectivity index (χ2n) is 6.35. The highest BCUT2D eigenvalue weighted by Gasteiger charge is 2.43. The van der Waals surface area contributed by atoms with Gasteiger partial charge in [0.1, 0.15) is 0 Å². The standard InChI is InChI=1S/C16H34N2O/c1-6-11-17-15-14(9-10-16(15,4)5)18(7-2)12-13-19-8-3/h14-15,17H,6-13H2,1-5H3. The van der Waals surface area contributed by atoms with E-state index in [0.29, 0.717) is 17.5 Å². The second-order valence-corrected chi connectivity index (χ2v) is 6.35. The molecule has 2 unspecified atom stereocenters. The third kappa shape index (κ3) is 4.73. The average Bonchev–Trinajstić information content (AvgIpc) is 2.68. The molecule has 1 rings (SSSR count). The van der Waals surface area contributed by atoms with Crippen LogP contribution in [0.25, 0.3) is 0 Å². The second kappa shape index (κ2) is 8.23. The van der Waals surface area contributed by atoms with Gasteiger partial charge >= 0.3 is 0 Å². The number of hydrogen-bond acceptors (Lipinski definition) is 3. The van der Waals surface area contributed by atoms with Gasteiger partial charge in [-0.05, 0) is 44.7 Å². The van der Waals surface area contributed by atoms with Gasteiger partial charge in [-0.2, -0.15) is 0 Å². The summed E-state index contributed by atoms with van der Waals surface area (Å²) in [5.74, 6) is 0. The van der Waals surface area contributed by atoms with E-state index >= 15 is 0 Å². The fraction of sp³-hybridized carbons (Fsp3) is 1.00. The van der Waals surface area contributed by atoms with Crippen LogP contribution in [-0.4, -0.2) is 49.8 Å². The predicted molar refractivity (Wildman–Crippen MR) is 82.6 cm³/mol. The molecule has 1 saturated carbocycles. The van der Waals surface area contributed by atoms with Crippen LogP contribution in [0.3, 0.4) is 0 Å². The first-order chi connectivity index (χ1) is 9.06. The lowest BCUT2D eigenvalue weighted by atomic mass is 9.86. The molecule has 114 valence electrons. The molecule has 1 aliphatic carbocycles. The minimum Gasteiger partial charge on any atom is -0.380 e. The smallest absolute Gasteiger partial charge is 0.0593 e. The van der Waals surface area contributed by atoms with E-state index in [-0.39, 0.29) is 0 Å². The minimum absolute atomic E-state index is 0.416. The highest BCUT2D eigenvalue weighted by Crippen LogP contribution is 2.39. The van der Waals surface area contributed by atoms with Gasteiger partial charge in [0, 0.05) is 25.2 Å². The SMILES string of the molecule is CCCNC1C(N(CC)CCOCC)CCC1(C)C. The monoisotopic (exact) mass is 270 g/mol. The van der Waals surface area contributed by atoms with E-state index in [9.17, 15) is 0 Å². The van der Waals surface area contributed by atoms with Gasteiger partial charge in [0.2, 0.25) is 0 Å². The molecule has 0 amide bonds. The van der Waals surface area contributed by atoms with Crippen molar-refractivity contribution in [3.63, 3.8) is 0 Å². The molecule has 1 fully saturated rings. The molecule has 2 atom stereocenters. The van der Waals surface area contributed by atoms with Gasteiger partial charge in [-0.15, -0.1) is 0 Å². The summed E-state index contributed by atoms with van der Waals surface area (Å²) in [5.41, 5.74) is 0.416. The zero-order valence-corrected chi connectivity index (χ0v) is 13.7. The van der Waals surface area contributed by atoms with Gasteiger partial charge in [0.15, 0.2) is 0 Å². The first-order valence-electron chi connectivity index (χ1n) is 8.12. The molecule has 0 radical (unpaired) electrons. The Morgan fingerprint density at radius 1 is 1.26 bits per heavy atom. The third-order valence-corrected chi connectivity index (χ3v) is 4.53. The van der Waals surface area contributed by atoms with Gasteiger partial charge in [0.25, 0.3) is 0 Å². The summed E-state index contributed by atoms with van der Waals surface area (Å²) in [5, 5.41) is 3.79. The molecule has 0 heterocycles. The van der Waals surface area contributed by atoms with Crippen molar-refractivity contribution >= 4 is 0 Å². The predicted octanol–water partition coefficient (Wildman–Crippen LogP) is 2.90. The van der Waals surface area contributed by atoms with Crippen LogP contribution < -0.4 is 5.32 Å². The number of ether oxygens (including phenoxy) is 1. The summed E-state index contributed by atoms with van der Waals surface area (Å²) in [7, 11) is 0. The highest BCUT2D eigenvalue weighted by molar-refractivity contribution is 5.00. The number of likely N-dealkylation sites (N-methyl/N-ethyl adjacent to an activating group) is 1. The van der Waals surface area contributed by atoms with E-state index in [0.717, 1.165) is 32.8 Å². The van der Waals surface area contributed by atoms with Crippen molar-refractivity contribution in [1.29, 1.82) is 0 Å². The summed E-state index contributed by atoms with van der Waals surface area (Å²) in [6, 6.07) is 1.29. The lowest BCUT2D eigenvalue weighted by Gasteiger charge is -2.37. The van der Waals surface area contributed by atoms with Crippen molar-refractivity contribution in [3.8, 4) is 0 Å². The Kier molecular flexibility index (Phi) is 7.33. The molecule has 1 aliphatic rings. The normalized spacial score (nSPS) is 26.2. The molecule has 3 heteroatoms. The molecule has 0 aliphatic heterocycles. The van der Waals surface area contributed by atoms with Crippen LogP contribution in [0.5, 0.6) is 0 Å². The van der Waals surface area contributed by atoms with Crippen LogP contribution >= 0.6 is 0 Å². The van der Waals surface area contributed by atoms with Gasteiger partial charge < -0.3 is 10.1 Å². The largest absolute Gasteiger partial charge is 0.380 e. The maximum Gasteiger partial charge on any atom is 0.0593 e. The average molecular weight is 270 g/mol. The molecular weight excluding hydrogens is 236 g/mol. The maximum absolute atomic E-state index is 5.53. The van der Waals surface area contributed by atoms with Crippen molar-refractivity contribution in [2.24, 2.45) is 5.41 Å². The molecule has 0 aromatic heterocycles. The van der Waals surface area contributed by atoms with Crippen molar-refractivity contribution in [2.75, 3.05) is 32.8 Å². The van der Waals surface area contributed by atoms with Crippen LogP contribution in [0.4, 0.5) is 0 Å². The van der Waals surface area contributed by atoms with Gasteiger partial charge in [-0.1, -0.05) is 27.7 Å². The molecule has 0 bridgehead atoms. The van der Waals surface area contributed by atoms with Gasteiger partial charge in [-0.3, -0.25) is 4.90 Å². The van der Waals surface area contributed by atoms with Crippen LogP contribution in [0, 0.1) is 5.41 Å². The molecule has 1 N–H and O–H groups in total. The molecule has 0 aromatic carbocycles. The van der Waals surface area contributed by atoms with Crippen molar-refractivity contribution in [3.05, 3.63) is 0 Å². The number of rotatable bonds is 9. The lowest BCUT2D eigenvalue weighted by Crippen LogP contribution is -2.52. The summed E-state index contributed by atoms with van der Waals surface area (Å²) >= 11 is 0. The summed E-state index contributed by atoms with van der Waals surface area (Å²) in [6.45, 7) is 16.4. The molecule has 0 saturated heterocycles. The van der Waals surface area contributed by atoms with Crippen molar-refractivity contribution in [1.82, 2.24) is 10.2 Å². The molecule has 0 spiro atoms. The summed E-state index contributed by atoms with van der Waals surface area (Å²) in [4.78, 5) is 2.61. The molecule has 0 aromatic rings. The molecule has 19 heavy (non-hydrogen) atoms. The summed E-state index contributed by atoms with van der Waals surface area (Å²) in [6.07, 6.45) is 3.85. The zero-order chi connectivity index (χ0) is 14.3. The molecule has 3 nitrogen and oxygen atoms in total. The topological polar surface area (TPSA) is 24.5 Å². The fourth-order valence-corrected chi connectivity index (χ4v) is 3.35. The highest BCUT2D eigenvalue weighted by atomic mass is 16.5. The Morgan fingerprint density at radius 3 is 2.58 bits per heavy atom. The van der Waals surface area contributed by atoms with E-state index in [1.807, 2.05) is 0 Å². The fourth-order valence-electron chi connectivity index (χ4n) is 3.35. The van der Waals surface area contributed by atoms with Crippen LogP contribution in [0.1, 0.15) is 53.9 Å². The Bertz CT molecular complexity index is 243. The van der Waals surface area contributed by atoms with Gasteiger partial charge in [-0.25, -0.2) is 0 Å². The summed E-state index contributed by atoms with van der Waals surface area (Å²) < 4.78 is 5.53. The van der Waals surface area contributed by atoms with Gasteiger partial charge in [0.05, 0.1) is 6.61 Å². The number of hydrogen-bond donors (Lipinski definition) is 1. The Balaban J connectivity index is 2.60. The van der Waals surface area contributed by atoms with Crippen molar-refractivity contribution in [2.45, 2.75) is 66.0 Å². The number of nitrogens with one attached hydrogen (secondary N) is 1. The first-order valence-corrected chi connectivity index (χ1v) is 8.12. The van der Waals surface area contributed by atoms with E-state index in [1.165, 1.54) is 19.3 Å². The lowest BCUT2D eigenvalue weighted by molar-refractivity contribution is 0.0834. The van der Waals surface area contributed by atoms with E-state index in [2.05, 4.69) is 44.8 Å². The maximum atomic E-state index is 5.53. The van der Waals surface area contributed by atoms with E-state index < -0.39 is 0 Å². The third-order valence-electron chi connectivity index (χ3n) is 4.53. The Hall–Kier alpha value is -0.120. The Labute approximate surface area is 120 Å². The van der Waals surface area contributed by atoms with Crippen LogP contribution in [0.2, 0.25) is 0 Å². The van der Waals surface area contributed by atoms with Crippen LogP contribution in [-0.2, 0) is 4.74 Å². The zero-order valence-electron chi connectivity index (χ0n) is 13.7. The van der Waals surface area contributed by atoms with Crippen LogP contribution in [0.15, 0.2) is 0 Å². The first kappa shape index (κ1) is 16.9. The van der Waals surface area contributed by atoms with E-state index in [4.69, 9.17) is 4.74 Å². The molecular formula is C16H34N2O. The van der Waals surface area contributed by atoms with Crippen molar-refractivity contribution < 1.29 is 4.74 Å². The van der Waals surface area contributed by atoms with E-state index in [1.54, 1.807) is 0 Å². The quantitative estimate of drug-likeness (QED) is 0.652. The Morgan fingerprint density at radius 2 is 2.00 bits per heavy atom. The minimum atomic E-state index is 0.416.